The number of phenolic OH excluding ortho intramolecular Hbond substituents is 1. The van der Waals surface area contributed by atoms with Crippen molar-refractivity contribution in [1.29, 1.82) is 0 Å². The van der Waals surface area contributed by atoms with Crippen LogP contribution in [0, 0.1) is 0 Å². The predicted octanol–water partition coefficient (Wildman–Crippen LogP) is 0.958. The van der Waals surface area contributed by atoms with Crippen molar-refractivity contribution in [3.05, 3.63) is 48.5 Å². The third-order valence-corrected chi connectivity index (χ3v) is 4.47. The summed E-state index contributed by atoms with van der Waals surface area (Å²) in [7, 11) is -3.85. The first-order chi connectivity index (χ1) is 10.9. The summed E-state index contributed by atoms with van der Waals surface area (Å²) in [5.74, 6) is 0.0352. The van der Waals surface area contributed by atoms with Gasteiger partial charge in [-0.2, -0.15) is 0 Å². The second kappa shape index (κ2) is 7.32. The van der Waals surface area contributed by atoms with Gasteiger partial charge in [0.25, 0.3) is 10.0 Å². The van der Waals surface area contributed by atoms with Gasteiger partial charge < -0.3 is 20.6 Å². The number of para-hydroxylation sites is 1. The number of anilines is 2. The summed E-state index contributed by atoms with van der Waals surface area (Å²) in [6.45, 7) is -0.407. The number of phenols is 1. The molecule has 0 aromatic heterocycles. The first-order valence-electron chi connectivity index (χ1n) is 6.86. The number of benzene rings is 2. The first kappa shape index (κ1) is 17.1. The normalized spacial score (nSPS) is 12.6. The molecule has 0 aliphatic rings. The minimum Gasteiger partial charge on any atom is -0.508 e. The highest BCUT2D eigenvalue weighted by atomic mass is 32.2. The SMILES string of the molecule is O=S(=O)(Nc1ccc(O)cc1)c1ccccc1NCC(O)CO. The minimum absolute atomic E-state index is 0.0122. The Balaban J connectivity index is 2.23. The molecule has 0 heterocycles. The number of nitrogens with one attached hydrogen (secondary N) is 2. The van der Waals surface area contributed by atoms with Crippen LogP contribution in [0.15, 0.2) is 53.4 Å². The Morgan fingerprint density at radius 1 is 1.04 bits per heavy atom. The van der Waals surface area contributed by atoms with Gasteiger partial charge in [-0.15, -0.1) is 0 Å². The third kappa shape index (κ3) is 4.59. The summed E-state index contributed by atoms with van der Waals surface area (Å²) in [5.41, 5.74) is 0.624. The number of hydrogen-bond acceptors (Lipinski definition) is 6. The quantitative estimate of drug-likeness (QED) is 0.480. The Labute approximate surface area is 134 Å². The zero-order chi connectivity index (χ0) is 16.9. The lowest BCUT2D eigenvalue weighted by atomic mass is 10.3. The van der Waals surface area contributed by atoms with Gasteiger partial charge in [-0.05, 0) is 36.4 Å². The van der Waals surface area contributed by atoms with E-state index in [0.717, 1.165) is 0 Å². The third-order valence-electron chi connectivity index (χ3n) is 3.03. The number of aliphatic hydroxyl groups is 2. The lowest BCUT2D eigenvalue weighted by Crippen LogP contribution is -2.24. The molecule has 1 atom stereocenters. The van der Waals surface area contributed by atoms with E-state index in [9.17, 15) is 18.6 Å². The van der Waals surface area contributed by atoms with E-state index in [0.29, 0.717) is 11.4 Å². The van der Waals surface area contributed by atoms with Crippen molar-refractivity contribution in [1.82, 2.24) is 0 Å². The largest absolute Gasteiger partial charge is 0.508 e. The Morgan fingerprint density at radius 3 is 2.35 bits per heavy atom. The number of sulfonamides is 1. The van der Waals surface area contributed by atoms with E-state index in [4.69, 9.17) is 5.11 Å². The molecule has 0 saturated carbocycles. The van der Waals surface area contributed by atoms with Crippen molar-refractivity contribution < 1.29 is 23.7 Å². The summed E-state index contributed by atoms with van der Waals surface area (Å²) < 4.78 is 27.4. The number of rotatable bonds is 7. The van der Waals surface area contributed by atoms with Gasteiger partial charge in [0.05, 0.1) is 18.4 Å². The van der Waals surface area contributed by atoms with Gasteiger partial charge in [-0.3, -0.25) is 4.72 Å². The minimum atomic E-state index is -3.85. The summed E-state index contributed by atoms with van der Waals surface area (Å²) >= 11 is 0. The van der Waals surface area contributed by atoms with Crippen molar-refractivity contribution >= 4 is 21.4 Å². The Morgan fingerprint density at radius 2 is 1.70 bits per heavy atom. The van der Waals surface area contributed by atoms with Crippen LogP contribution in [0.25, 0.3) is 0 Å². The van der Waals surface area contributed by atoms with E-state index in [-0.39, 0.29) is 17.2 Å². The molecule has 0 amide bonds. The van der Waals surface area contributed by atoms with Crippen LogP contribution in [0.5, 0.6) is 5.75 Å². The topological polar surface area (TPSA) is 119 Å². The molecule has 7 nitrogen and oxygen atoms in total. The van der Waals surface area contributed by atoms with Crippen LogP contribution in [0.3, 0.4) is 0 Å². The molecule has 0 saturated heterocycles. The average molecular weight is 338 g/mol. The number of aromatic hydroxyl groups is 1. The Hall–Kier alpha value is -2.29. The molecule has 5 N–H and O–H groups in total. The van der Waals surface area contributed by atoms with E-state index in [1.807, 2.05) is 0 Å². The highest BCUT2D eigenvalue weighted by Crippen LogP contribution is 2.24. The van der Waals surface area contributed by atoms with Crippen LogP contribution in [0.2, 0.25) is 0 Å². The maximum atomic E-state index is 12.5. The maximum Gasteiger partial charge on any atom is 0.263 e. The van der Waals surface area contributed by atoms with Crippen LogP contribution < -0.4 is 10.0 Å². The molecule has 0 fully saturated rings. The van der Waals surface area contributed by atoms with Gasteiger partial charge in [0, 0.05) is 12.2 Å². The lowest BCUT2D eigenvalue weighted by molar-refractivity contribution is 0.105. The summed E-state index contributed by atoms with van der Waals surface area (Å²) in [5, 5.41) is 30.2. The van der Waals surface area contributed by atoms with Crippen molar-refractivity contribution in [2.75, 3.05) is 23.2 Å². The molecule has 1 unspecified atom stereocenters. The van der Waals surface area contributed by atoms with Gasteiger partial charge in [0.15, 0.2) is 0 Å². The Bertz CT molecular complexity index is 747. The zero-order valence-electron chi connectivity index (χ0n) is 12.2. The molecule has 8 heteroatoms. The van der Waals surface area contributed by atoms with Crippen LogP contribution in [0.4, 0.5) is 11.4 Å². The lowest BCUT2D eigenvalue weighted by Gasteiger charge is -2.15. The van der Waals surface area contributed by atoms with Gasteiger partial charge in [-0.25, -0.2) is 8.42 Å². The number of hydrogen-bond donors (Lipinski definition) is 5. The second-order valence-electron chi connectivity index (χ2n) is 4.87. The standard InChI is InChI=1S/C15H18N2O5S/c18-10-13(20)9-16-14-3-1-2-4-15(14)23(21,22)17-11-5-7-12(19)8-6-11/h1-8,13,16-20H,9-10H2. The van der Waals surface area contributed by atoms with Crippen molar-refractivity contribution in [3.63, 3.8) is 0 Å². The average Bonchev–Trinajstić information content (AvgIpc) is 2.54. The molecular weight excluding hydrogens is 320 g/mol. The van der Waals surface area contributed by atoms with Gasteiger partial charge in [0.2, 0.25) is 0 Å². The predicted molar refractivity (Wildman–Crippen MR) is 86.9 cm³/mol. The van der Waals surface area contributed by atoms with E-state index in [1.54, 1.807) is 18.2 Å². The molecule has 0 aliphatic heterocycles. The maximum absolute atomic E-state index is 12.5. The molecule has 23 heavy (non-hydrogen) atoms. The number of aliphatic hydroxyl groups excluding tert-OH is 2. The first-order valence-corrected chi connectivity index (χ1v) is 8.34. The molecular formula is C15H18N2O5S. The van der Waals surface area contributed by atoms with Crippen molar-refractivity contribution in [3.8, 4) is 5.75 Å². The van der Waals surface area contributed by atoms with Gasteiger partial charge in [-0.1, -0.05) is 12.1 Å². The summed E-state index contributed by atoms with van der Waals surface area (Å²) in [6, 6.07) is 11.9. The highest BCUT2D eigenvalue weighted by Gasteiger charge is 2.18. The summed E-state index contributed by atoms with van der Waals surface area (Å²) in [4.78, 5) is 0.0122. The van der Waals surface area contributed by atoms with Crippen molar-refractivity contribution in [2.45, 2.75) is 11.0 Å². The molecule has 0 bridgehead atoms. The van der Waals surface area contributed by atoms with Crippen LogP contribution >= 0.6 is 0 Å². The molecule has 0 aliphatic carbocycles. The molecule has 2 aromatic carbocycles. The monoisotopic (exact) mass is 338 g/mol. The van der Waals surface area contributed by atoms with Crippen molar-refractivity contribution in [2.24, 2.45) is 0 Å². The zero-order valence-corrected chi connectivity index (χ0v) is 13.0. The van der Waals surface area contributed by atoms with E-state index >= 15 is 0 Å². The van der Waals surface area contributed by atoms with Gasteiger partial charge >= 0.3 is 0 Å². The van der Waals surface area contributed by atoms with E-state index < -0.39 is 22.7 Å². The smallest absolute Gasteiger partial charge is 0.263 e. The highest BCUT2D eigenvalue weighted by molar-refractivity contribution is 7.92. The Kier molecular flexibility index (Phi) is 5.43. The van der Waals surface area contributed by atoms with Gasteiger partial charge in [0.1, 0.15) is 10.6 Å². The van der Waals surface area contributed by atoms with E-state index in [2.05, 4.69) is 10.0 Å². The fraction of sp³-hybridized carbons (Fsp3) is 0.200. The molecule has 124 valence electrons. The van der Waals surface area contributed by atoms with E-state index in [1.165, 1.54) is 30.3 Å². The summed E-state index contributed by atoms with van der Waals surface area (Å²) in [6.07, 6.45) is -0.990. The fourth-order valence-corrected chi connectivity index (χ4v) is 3.12. The molecule has 2 rings (SSSR count). The fourth-order valence-electron chi connectivity index (χ4n) is 1.88. The molecule has 2 aromatic rings. The van der Waals surface area contributed by atoms with Crippen LogP contribution in [-0.2, 0) is 10.0 Å². The second-order valence-corrected chi connectivity index (χ2v) is 6.52. The van der Waals surface area contributed by atoms with Crippen LogP contribution in [0.1, 0.15) is 0 Å². The molecule has 0 spiro atoms. The van der Waals surface area contributed by atoms with Crippen LogP contribution in [-0.4, -0.2) is 43.0 Å². The molecule has 0 radical (unpaired) electrons.